The molecule has 2 saturated heterocycles. The lowest BCUT2D eigenvalue weighted by atomic mass is 10.0. The first-order chi connectivity index (χ1) is 11.9. The van der Waals surface area contributed by atoms with E-state index < -0.39 is 6.03 Å². The molecule has 1 aromatic rings. The Morgan fingerprint density at radius 1 is 1.32 bits per heavy atom. The van der Waals surface area contributed by atoms with Gasteiger partial charge in [0.15, 0.2) is 5.82 Å². The maximum atomic E-state index is 12.7. The van der Waals surface area contributed by atoms with Crippen LogP contribution in [0.5, 0.6) is 0 Å². The lowest BCUT2D eigenvalue weighted by Crippen LogP contribution is -2.46. The van der Waals surface area contributed by atoms with Gasteiger partial charge in [0.1, 0.15) is 19.1 Å². The van der Waals surface area contributed by atoms with E-state index in [4.69, 9.17) is 4.52 Å². The zero-order valence-electron chi connectivity index (χ0n) is 14.8. The van der Waals surface area contributed by atoms with Gasteiger partial charge in [0.25, 0.3) is 5.91 Å². The molecule has 136 valence electrons. The molecular formula is C16H23N5O4. The van der Waals surface area contributed by atoms with Crippen LogP contribution in [0.15, 0.2) is 4.52 Å². The number of rotatable bonds is 4. The lowest BCUT2D eigenvalue weighted by Gasteiger charge is -2.34. The highest BCUT2D eigenvalue weighted by Crippen LogP contribution is 2.31. The van der Waals surface area contributed by atoms with Crippen molar-refractivity contribution >= 4 is 17.8 Å². The summed E-state index contributed by atoms with van der Waals surface area (Å²) in [5.74, 6) is 0.549. The number of carbonyl (C=O) groups is 3. The summed E-state index contributed by atoms with van der Waals surface area (Å²) in [6.45, 7) is 4.26. The largest absolute Gasteiger partial charge is 0.337 e. The Balaban J connectivity index is 1.75. The fourth-order valence-electron chi connectivity index (χ4n) is 3.15. The van der Waals surface area contributed by atoms with Crippen molar-refractivity contribution in [3.05, 3.63) is 11.7 Å². The topological polar surface area (TPSA) is 99.9 Å². The Morgan fingerprint density at radius 2 is 2.08 bits per heavy atom. The van der Waals surface area contributed by atoms with Gasteiger partial charge >= 0.3 is 6.03 Å². The molecule has 2 fully saturated rings. The zero-order valence-corrected chi connectivity index (χ0v) is 14.8. The highest BCUT2D eigenvalue weighted by Gasteiger charge is 2.38. The minimum absolute atomic E-state index is 0.0109. The van der Waals surface area contributed by atoms with Crippen molar-refractivity contribution < 1.29 is 18.9 Å². The molecule has 0 spiro atoms. The Kier molecular flexibility index (Phi) is 4.73. The summed E-state index contributed by atoms with van der Waals surface area (Å²) < 4.78 is 5.36. The van der Waals surface area contributed by atoms with E-state index in [-0.39, 0.29) is 36.9 Å². The van der Waals surface area contributed by atoms with Crippen molar-refractivity contribution in [1.82, 2.24) is 24.8 Å². The van der Waals surface area contributed by atoms with E-state index in [9.17, 15) is 14.4 Å². The van der Waals surface area contributed by atoms with Crippen molar-refractivity contribution in [2.24, 2.45) is 0 Å². The summed E-state index contributed by atoms with van der Waals surface area (Å²) in [5.41, 5.74) is 0. The third kappa shape index (κ3) is 3.35. The number of aromatic nitrogens is 2. The van der Waals surface area contributed by atoms with E-state index >= 15 is 0 Å². The molecule has 9 heteroatoms. The molecule has 0 radical (unpaired) electrons. The van der Waals surface area contributed by atoms with E-state index in [2.05, 4.69) is 10.1 Å². The normalized spacial score (nSPS) is 21.6. The van der Waals surface area contributed by atoms with Crippen molar-refractivity contribution in [3.63, 3.8) is 0 Å². The average Bonchev–Trinajstić information content (AvgIpc) is 3.16. The maximum Gasteiger partial charge on any atom is 0.327 e. The minimum Gasteiger partial charge on any atom is -0.337 e. The fourth-order valence-corrected chi connectivity index (χ4v) is 3.15. The molecule has 1 atom stereocenters. The molecule has 0 unspecified atom stereocenters. The highest BCUT2D eigenvalue weighted by atomic mass is 16.5. The second-order valence-electron chi connectivity index (χ2n) is 6.86. The first kappa shape index (κ1) is 17.4. The molecule has 9 nitrogen and oxygen atoms in total. The van der Waals surface area contributed by atoms with E-state index in [1.807, 2.05) is 13.8 Å². The Labute approximate surface area is 145 Å². The molecule has 2 aliphatic rings. The SMILES string of the molecule is CC(C)c1noc([C@H]2CCCCN2C(=O)CN2C(=O)CN(C)C2=O)n1. The number of piperidine rings is 1. The first-order valence-electron chi connectivity index (χ1n) is 8.57. The maximum absolute atomic E-state index is 12.7. The van der Waals surface area contributed by atoms with E-state index in [1.165, 1.54) is 4.90 Å². The van der Waals surface area contributed by atoms with Gasteiger partial charge in [-0.05, 0) is 19.3 Å². The number of nitrogens with zero attached hydrogens (tertiary/aromatic N) is 5. The third-order valence-electron chi connectivity index (χ3n) is 4.61. The molecule has 0 aromatic carbocycles. The smallest absolute Gasteiger partial charge is 0.327 e. The monoisotopic (exact) mass is 349 g/mol. The summed E-state index contributed by atoms with van der Waals surface area (Å²) in [6, 6.07) is -0.737. The van der Waals surface area contributed by atoms with Crippen LogP contribution in [0.4, 0.5) is 4.79 Å². The van der Waals surface area contributed by atoms with E-state index in [0.717, 1.165) is 24.2 Å². The van der Waals surface area contributed by atoms with E-state index in [1.54, 1.807) is 11.9 Å². The fraction of sp³-hybridized carbons (Fsp3) is 0.688. The molecule has 0 bridgehead atoms. The van der Waals surface area contributed by atoms with Gasteiger partial charge in [-0.15, -0.1) is 0 Å². The molecule has 3 heterocycles. The van der Waals surface area contributed by atoms with Crippen LogP contribution in [0.2, 0.25) is 0 Å². The van der Waals surface area contributed by atoms with Crippen LogP contribution in [0, 0.1) is 0 Å². The molecule has 2 aliphatic heterocycles. The summed E-state index contributed by atoms with van der Waals surface area (Å²) >= 11 is 0. The van der Waals surface area contributed by atoms with Crippen molar-refractivity contribution in [2.75, 3.05) is 26.7 Å². The first-order valence-corrected chi connectivity index (χ1v) is 8.57. The molecule has 0 N–H and O–H groups in total. The summed E-state index contributed by atoms with van der Waals surface area (Å²) in [4.78, 5) is 45.0. The molecular weight excluding hydrogens is 326 g/mol. The second-order valence-corrected chi connectivity index (χ2v) is 6.86. The van der Waals surface area contributed by atoms with Gasteiger partial charge in [-0.3, -0.25) is 14.5 Å². The number of amides is 4. The summed E-state index contributed by atoms with van der Waals surface area (Å²) in [5, 5.41) is 3.97. The number of likely N-dealkylation sites (tertiary alicyclic amines) is 1. The molecule has 0 saturated carbocycles. The van der Waals surface area contributed by atoms with Gasteiger partial charge < -0.3 is 14.3 Å². The van der Waals surface area contributed by atoms with Gasteiger partial charge in [0.05, 0.1) is 0 Å². The molecule has 25 heavy (non-hydrogen) atoms. The molecule has 4 amide bonds. The van der Waals surface area contributed by atoms with Gasteiger partial charge in [0.2, 0.25) is 11.8 Å². The van der Waals surface area contributed by atoms with Crippen molar-refractivity contribution in [1.29, 1.82) is 0 Å². The molecule has 0 aliphatic carbocycles. The van der Waals surface area contributed by atoms with Crippen LogP contribution in [0.25, 0.3) is 0 Å². The number of carbonyl (C=O) groups excluding carboxylic acids is 3. The molecule has 3 rings (SSSR count). The van der Waals surface area contributed by atoms with Crippen LogP contribution < -0.4 is 0 Å². The van der Waals surface area contributed by atoms with Gasteiger partial charge in [-0.1, -0.05) is 19.0 Å². The number of hydrogen-bond acceptors (Lipinski definition) is 6. The average molecular weight is 349 g/mol. The Bertz CT molecular complexity index is 686. The van der Waals surface area contributed by atoms with Gasteiger partial charge in [-0.25, -0.2) is 4.79 Å². The molecule has 1 aromatic heterocycles. The van der Waals surface area contributed by atoms with Gasteiger partial charge in [-0.2, -0.15) is 4.98 Å². The zero-order chi connectivity index (χ0) is 18.1. The lowest BCUT2D eigenvalue weighted by molar-refractivity contribution is -0.139. The van der Waals surface area contributed by atoms with Crippen LogP contribution in [-0.4, -0.2) is 69.4 Å². The third-order valence-corrected chi connectivity index (χ3v) is 4.61. The predicted octanol–water partition coefficient (Wildman–Crippen LogP) is 1.14. The standard InChI is InChI=1S/C16H23N5O4/c1-10(2)14-17-15(25-18-14)11-6-4-5-7-20(11)13(23)9-21-12(22)8-19(3)16(21)24/h10-11H,4-9H2,1-3H3/t11-/m1/s1. The quantitative estimate of drug-likeness (QED) is 0.756. The van der Waals surface area contributed by atoms with Crippen LogP contribution in [0.3, 0.4) is 0 Å². The van der Waals surface area contributed by atoms with E-state index in [0.29, 0.717) is 18.3 Å². The predicted molar refractivity (Wildman–Crippen MR) is 86.4 cm³/mol. The van der Waals surface area contributed by atoms with Crippen molar-refractivity contribution in [2.45, 2.75) is 45.1 Å². The number of urea groups is 1. The Morgan fingerprint density at radius 3 is 2.68 bits per heavy atom. The van der Waals surface area contributed by atoms with Crippen molar-refractivity contribution in [3.8, 4) is 0 Å². The highest BCUT2D eigenvalue weighted by molar-refractivity contribution is 6.04. The number of likely N-dealkylation sites (N-methyl/N-ethyl adjacent to an activating group) is 1. The summed E-state index contributed by atoms with van der Waals surface area (Å²) in [7, 11) is 1.54. The van der Waals surface area contributed by atoms with Crippen LogP contribution in [0.1, 0.15) is 56.8 Å². The van der Waals surface area contributed by atoms with Crippen LogP contribution in [-0.2, 0) is 9.59 Å². The number of hydrogen-bond donors (Lipinski definition) is 0. The minimum atomic E-state index is -0.438. The number of imide groups is 1. The Hall–Kier alpha value is -2.45. The second kappa shape index (κ2) is 6.81. The van der Waals surface area contributed by atoms with Gasteiger partial charge in [0, 0.05) is 19.5 Å². The van der Waals surface area contributed by atoms with Crippen LogP contribution >= 0.6 is 0 Å². The summed E-state index contributed by atoms with van der Waals surface area (Å²) in [6.07, 6.45) is 2.56.